The number of rotatable bonds is 4. The maximum absolute atomic E-state index is 12.8. The third kappa shape index (κ3) is 5.37. The third-order valence-electron chi connectivity index (χ3n) is 1.79. The lowest BCUT2D eigenvalue weighted by Gasteiger charge is -2.24. The summed E-state index contributed by atoms with van der Waals surface area (Å²) < 4.78 is 88.7. The number of hydrogen-bond acceptors (Lipinski definition) is 2. The summed E-state index contributed by atoms with van der Waals surface area (Å²) in [4.78, 5) is 10.7. The maximum Gasteiger partial charge on any atom is 0.400 e. The largest absolute Gasteiger partial charge is 0.428 e. The first-order valence-corrected chi connectivity index (χ1v) is 4.49. The average Bonchev–Trinajstić information content (AvgIpc) is 2.10. The van der Waals surface area contributed by atoms with Crippen LogP contribution in [0.15, 0.2) is 12.2 Å². The van der Waals surface area contributed by atoms with Gasteiger partial charge in [0.2, 0.25) is 6.36 Å². The van der Waals surface area contributed by atoms with Crippen LogP contribution in [0.25, 0.3) is 0 Å². The normalized spacial score (nSPS) is 14.5. The topological polar surface area (TPSA) is 26.3 Å². The third-order valence-corrected chi connectivity index (χ3v) is 1.79. The summed E-state index contributed by atoms with van der Waals surface area (Å²) in [5.41, 5.74) is -0.340. The molecule has 0 radical (unpaired) electrons. The second-order valence-corrected chi connectivity index (χ2v) is 3.47. The highest BCUT2D eigenvalue weighted by Crippen LogP contribution is 2.42. The second kappa shape index (κ2) is 5.57. The zero-order valence-corrected chi connectivity index (χ0v) is 9.03. The summed E-state index contributed by atoms with van der Waals surface area (Å²) in [5, 5.41) is 0. The molecule has 0 spiro atoms. The molecule has 9 heteroatoms. The van der Waals surface area contributed by atoms with Crippen molar-refractivity contribution in [2.24, 2.45) is 5.92 Å². The van der Waals surface area contributed by atoms with Gasteiger partial charge in [0, 0.05) is 12.0 Å². The molecule has 106 valence electrons. The van der Waals surface area contributed by atoms with Gasteiger partial charge in [0.25, 0.3) is 0 Å². The zero-order valence-electron chi connectivity index (χ0n) is 9.03. The van der Waals surface area contributed by atoms with Gasteiger partial charge in [-0.05, 0) is 6.92 Å². The van der Waals surface area contributed by atoms with E-state index in [2.05, 4.69) is 11.3 Å². The van der Waals surface area contributed by atoms with Crippen molar-refractivity contribution < 1.29 is 40.3 Å². The van der Waals surface area contributed by atoms with E-state index in [4.69, 9.17) is 0 Å². The first-order chi connectivity index (χ1) is 7.85. The van der Waals surface area contributed by atoms with E-state index in [9.17, 15) is 35.5 Å². The summed E-state index contributed by atoms with van der Waals surface area (Å²) >= 11 is 0. The Bertz CT molecular complexity index is 304. The van der Waals surface area contributed by atoms with Crippen molar-refractivity contribution in [3.05, 3.63) is 12.2 Å². The van der Waals surface area contributed by atoms with Crippen LogP contribution in [0.2, 0.25) is 0 Å². The molecule has 0 aliphatic rings. The number of carbonyl (C=O) groups is 1. The van der Waals surface area contributed by atoms with Crippen LogP contribution in [0.1, 0.15) is 13.3 Å². The number of alkyl halides is 7. The van der Waals surface area contributed by atoms with Gasteiger partial charge in [-0.15, -0.1) is 0 Å². The molecule has 0 saturated carbocycles. The van der Waals surface area contributed by atoms with Crippen molar-refractivity contribution in [2.75, 3.05) is 0 Å². The molecule has 0 amide bonds. The van der Waals surface area contributed by atoms with Crippen molar-refractivity contribution in [3.8, 4) is 0 Å². The van der Waals surface area contributed by atoms with Gasteiger partial charge in [0.15, 0.2) is 5.92 Å². The molecule has 0 aromatic rings. The van der Waals surface area contributed by atoms with Crippen molar-refractivity contribution in [3.63, 3.8) is 0 Å². The first-order valence-electron chi connectivity index (χ1n) is 4.49. The molecule has 0 heterocycles. The number of carbonyl (C=O) groups excluding carboxylic acids is 1. The Labute approximate surface area is 97.4 Å². The SMILES string of the molecule is C=C(C)C(=O)OC(F)CC(C(F)(F)F)C(F)(F)F. The quantitative estimate of drug-likeness (QED) is 0.448. The Morgan fingerprint density at radius 2 is 1.56 bits per heavy atom. The molecule has 0 fully saturated rings. The van der Waals surface area contributed by atoms with Crippen LogP contribution >= 0.6 is 0 Å². The van der Waals surface area contributed by atoms with Crippen LogP contribution in [-0.2, 0) is 9.53 Å². The first kappa shape index (κ1) is 16.7. The highest BCUT2D eigenvalue weighted by Gasteiger charge is 2.57. The standard InChI is InChI=1S/C9H9F7O2/c1-4(2)7(17)18-6(10)3-5(8(11,12)13)9(14,15)16/h5-6H,1,3H2,2H3. The van der Waals surface area contributed by atoms with Gasteiger partial charge < -0.3 is 4.74 Å². The fourth-order valence-corrected chi connectivity index (χ4v) is 0.903. The molecule has 0 aliphatic carbocycles. The molecule has 0 aromatic heterocycles. The van der Waals surface area contributed by atoms with Gasteiger partial charge in [-0.25, -0.2) is 9.18 Å². The molecule has 1 atom stereocenters. The van der Waals surface area contributed by atoms with E-state index in [1.807, 2.05) is 0 Å². The van der Waals surface area contributed by atoms with Crippen LogP contribution in [0.5, 0.6) is 0 Å². The summed E-state index contributed by atoms with van der Waals surface area (Å²) in [6, 6.07) is 0. The Kier molecular flexibility index (Phi) is 5.18. The van der Waals surface area contributed by atoms with Crippen LogP contribution in [0.4, 0.5) is 30.7 Å². The minimum Gasteiger partial charge on any atom is -0.428 e. The van der Waals surface area contributed by atoms with E-state index in [1.54, 1.807) is 0 Å². The minimum atomic E-state index is -5.67. The predicted molar refractivity (Wildman–Crippen MR) is 46.0 cm³/mol. The van der Waals surface area contributed by atoms with Crippen LogP contribution in [0, 0.1) is 5.92 Å². The van der Waals surface area contributed by atoms with Crippen molar-refractivity contribution in [2.45, 2.75) is 32.1 Å². The summed E-state index contributed by atoms with van der Waals surface area (Å²) in [6.07, 6.45) is -16.4. The summed E-state index contributed by atoms with van der Waals surface area (Å²) in [6.45, 7) is 4.07. The van der Waals surface area contributed by atoms with Crippen LogP contribution in [-0.4, -0.2) is 24.7 Å². The molecule has 18 heavy (non-hydrogen) atoms. The number of halogens is 7. The number of esters is 1. The number of ether oxygens (including phenoxy) is 1. The van der Waals surface area contributed by atoms with E-state index in [-0.39, 0.29) is 5.57 Å². The van der Waals surface area contributed by atoms with Gasteiger partial charge in [0.05, 0.1) is 0 Å². The molecule has 1 unspecified atom stereocenters. The molecule has 0 aromatic carbocycles. The highest BCUT2D eigenvalue weighted by atomic mass is 19.4. The van der Waals surface area contributed by atoms with Crippen LogP contribution < -0.4 is 0 Å². The van der Waals surface area contributed by atoms with E-state index in [0.717, 1.165) is 6.92 Å². The Balaban J connectivity index is 4.71. The Morgan fingerprint density at radius 3 is 1.83 bits per heavy atom. The molecular weight excluding hydrogens is 273 g/mol. The van der Waals surface area contributed by atoms with Gasteiger partial charge in [-0.2, -0.15) is 26.3 Å². The highest BCUT2D eigenvalue weighted by molar-refractivity contribution is 5.86. The van der Waals surface area contributed by atoms with E-state index >= 15 is 0 Å². The second-order valence-electron chi connectivity index (χ2n) is 3.47. The Morgan fingerprint density at radius 1 is 1.17 bits per heavy atom. The molecule has 0 aliphatic heterocycles. The lowest BCUT2D eigenvalue weighted by Crippen LogP contribution is -2.39. The summed E-state index contributed by atoms with van der Waals surface area (Å²) in [5.74, 6) is -5.29. The fraction of sp³-hybridized carbons (Fsp3) is 0.667. The molecule has 0 N–H and O–H groups in total. The smallest absolute Gasteiger partial charge is 0.400 e. The molecular formula is C9H9F7O2. The van der Waals surface area contributed by atoms with Gasteiger partial charge >= 0.3 is 18.3 Å². The van der Waals surface area contributed by atoms with Crippen LogP contribution in [0.3, 0.4) is 0 Å². The summed E-state index contributed by atoms with van der Waals surface area (Å²) in [7, 11) is 0. The molecule has 0 rings (SSSR count). The number of hydrogen-bond donors (Lipinski definition) is 0. The van der Waals surface area contributed by atoms with Gasteiger partial charge in [-0.3, -0.25) is 0 Å². The van der Waals surface area contributed by atoms with Crippen molar-refractivity contribution in [1.29, 1.82) is 0 Å². The zero-order chi connectivity index (χ0) is 14.7. The monoisotopic (exact) mass is 282 g/mol. The molecule has 0 saturated heterocycles. The van der Waals surface area contributed by atoms with E-state index < -0.39 is 37.0 Å². The van der Waals surface area contributed by atoms with Gasteiger partial charge in [0.1, 0.15) is 0 Å². The Hall–Kier alpha value is -1.28. The van der Waals surface area contributed by atoms with Crippen molar-refractivity contribution >= 4 is 5.97 Å². The van der Waals surface area contributed by atoms with E-state index in [0.29, 0.717) is 0 Å². The van der Waals surface area contributed by atoms with Crippen molar-refractivity contribution in [1.82, 2.24) is 0 Å². The lowest BCUT2D eigenvalue weighted by atomic mass is 10.0. The maximum atomic E-state index is 12.8. The average molecular weight is 282 g/mol. The molecule has 0 bridgehead atoms. The fourth-order valence-electron chi connectivity index (χ4n) is 0.903. The van der Waals surface area contributed by atoms with E-state index in [1.165, 1.54) is 0 Å². The van der Waals surface area contributed by atoms with Gasteiger partial charge in [-0.1, -0.05) is 6.58 Å². The lowest BCUT2D eigenvalue weighted by molar-refractivity contribution is -0.294. The predicted octanol–water partition coefficient (Wildman–Crippen LogP) is 3.53. The molecule has 2 nitrogen and oxygen atoms in total. The minimum absolute atomic E-state index is 0.340.